The summed E-state index contributed by atoms with van der Waals surface area (Å²) in [6.45, 7) is 1.16. The first-order chi connectivity index (χ1) is 14.5. The van der Waals surface area contributed by atoms with E-state index < -0.39 is 23.8 Å². The number of aliphatic hydroxyl groups excluding tert-OH is 1. The average molecular weight is 412 g/mol. The zero-order valence-electron chi connectivity index (χ0n) is 16.2. The minimum Gasteiger partial charge on any atom is -0.485 e. The Labute approximate surface area is 172 Å². The Morgan fingerprint density at radius 3 is 2.67 bits per heavy atom. The molecule has 2 N–H and O–H groups in total. The van der Waals surface area contributed by atoms with E-state index in [0.717, 1.165) is 23.0 Å². The Hall–Kier alpha value is -2.93. The predicted octanol–water partition coefficient (Wildman–Crippen LogP) is 3.74. The highest BCUT2D eigenvalue weighted by molar-refractivity contribution is 5.98. The minimum atomic E-state index is -0.785. The predicted molar refractivity (Wildman–Crippen MR) is 107 cm³/mol. The van der Waals surface area contributed by atoms with Gasteiger partial charge in [0.2, 0.25) is 0 Å². The number of fused-ring (bicyclic) bond motifs is 2. The number of carbonyl (C=O) groups is 1. The maximum Gasteiger partial charge on any atom is 0.253 e. The van der Waals surface area contributed by atoms with Crippen LogP contribution in [0.15, 0.2) is 48.7 Å². The van der Waals surface area contributed by atoms with Crippen LogP contribution < -0.4 is 4.74 Å². The number of halogens is 2. The summed E-state index contributed by atoms with van der Waals surface area (Å²) < 4.78 is 32.7. The molecular weight excluding hydrogens is 390 g/mol. The standard InChI is InChI=1S/C23H22F2N2O3/c24-17-2-4-21(18(25)10-17)30-22-9-16-12-27(11-15(16)8-20(22)28)23(29)14-1-3-19-13(7-14)5-6-26-19/h1-7,10,15-16,20,22,26,28H,8-9,11-12H2/t15-,16+,20+,22+/m0/s1. The van der Waals surface area contributed by atoms with Crippen LogP contribution in [0.4, 0.5) is 8.78 Å². The highest BCUT2D eigenvalue weighted by Crippen LogP contribution is 2.39. The van der Waals surface area contributed by atoms with Crippen molar-refractivity contribution in [3.8, 4) is 5.75 Å². The van der Waals surface area contributed by atoms with Crippen LogP contribution in [-0.2, 0) is 0 Å². The molecule has 1 aliphatic carbocycles. The molecule has 5 nitrogen and oxygen atoms in total. The molecule has 1 aliphatic heterocycles. The zero-order valence-corrected chi connectivity index (χ0v) is 16.2. The Bertz CT molecular complexity index is 1100. The van der Waals surface area contributed by atoms with Crippen molar-refractivity contribution in [1.82, 2.24) is 9.88 Å². The molecule has 30 heavy (non-hydrogen) atoms. The summed E-state index contributed by atoms with van der Waals surface area (Å²) in [5.41, 5.74) is 1.63. The fraction of sp³-hybridized carbons (Fsp3) is 0.348. The number of carbonyl (C=O) groups excluding carboxylic acids is 1. The first kappa shape index (κ1) is 19.1. The number of nitrogens with zero attached hydrogens (tertiary/aromatic N) is 1. The van der Waals surface area contributed by atoms with Crippen LogP contribution >= 0.6 is 0 Å². The molecule has 0 bridgehead atoms. The van der Waals surface area contributed by atoms with Crippen LogP contribution in [0.5, 0.6) is 5.75 Å². The van der Waals surface area contributed by atoms with E-state index in [0.29, 0.717) is 31.5 Å². The molecular formula is C23H22F2N2O3. The molecule has 156 valence electrons. The summed E-state index contributed by atoms with van der Waals surface area (Å²) in [4.78, 5) is 18.0. The van der Waals surface area contributed by atoms with Gasteiger partial charge in [-0.05, 0) is 61.1 Å². The van der Waals surface area contributed by atoms with Gasteiger partial charge in [-0.3, -0.25) is 4.79 Å². The quantitative estimate of drug-likeness (QED) is 0.689. The topological polar surface area (TPSA) is 65.6 Å². The molecule has 0 spiro atoms. The lowest BCUT2D eigenvalue weighted by molar-refractivity contribution is -0.0246. The molecule has 0 unspecified atom stereocenters. The zero-order chi connectivity index (χ0) is 20.8. The fourth-order valence-electron chi connectivity index (χ4n) is 4.79. The third-order valence-corrected chi connectivity index (χ3v) is 6.34. The Morgan fingerprint density at radius 2 is 1.87 bits per heavy atom. The van der Waals surface area contributed by atoms with Gasteiger partial charge in [0.25, 0.3) is 5.91 Å². The number of ether oxygens (including phenoxy) is 1. The third-order valence-electron chi connectivity index (χ3n) is 6.34. The maximum absolute atomic E-state index is 13.9. The van der Waals surface area contributed by atoms with E-state index in [2.05, 4.69) is 4.98 Å². The van der Waals surface area contributed by atoms with Gasteiger partial charge >= 0.3 is 0 Å². The number of nitrogens with one attached hydrogen (secondary N) is 1. The lowest BCUT2D eigenvalue weighted by atomic mass is 9.78. The van der Waals surface area contributed by atoms with Crippen molar-refractivity contribution in [1.29, 1.82) is 0 Å². The summed E-state index contributed by atoms with van der Waals surface area (Å²) in [7, 11) is 0. The van der Waals surface area contributed by atoms with Crippen molar-refractivity contribution in [3.05, 3.63) is 65.9 Å². The molecule has 4 atom stereocenters. The molecule has 2 heterocycles. The Morgan fingerprint density at radius 1 is 1.07 bits per heavy atom. The van der Waals surface area contributed by atoms with Crippen LogP contribution in [-0.4, -0.2) is 46.2 Å². The average Bonchev–Trinajstić information content (AvgIpc) is 3.35. The second kappa shape index (κ2) is 7.40. The number of hydrogen-bond donors (Lipinski definition) is 2. The van der Waals surface area contributed by atoms with E-state index in [1.807, 2.05) is 35.4 Å². The van der Waals surface area contributed by atoms with Crippen LogP contribution in [0.1, 0.15) is 23.2 Å². The van der Waals surface area contributed by atoms with Gasteiger partial charge in [-0.1, -0.05) is 0 Å². The number of H-pyrrole nitrogens is 1. The number of aromatic amines is 1. The van der Waals surface area contributed by atoms with Crippen molar-refractivity contribution < 1.29 is 23.4 Å². The number of amides is 1. The fourth-order valence-corrected chi connectivity index (χ4v) is 4.79. The normalized spacial score (nSPS) is 26.0. The number of aromatic nitrogens is 1. The molecule has 1 amide bonds. The summed E-state index contributed by atoms with van der Waals surface area (Å²) in [6, 6.07) is 10.7. The largest absolute Gasteiger partial charge is 0.485 e. The van der Waals surface area contributed by atoms with Crippen molar-refractivity contribution in [3.63, 3.8) is 0 Å². The first-order valence-corrected chi connectivity index (χ1v) is 10.1. The van der Waals surface area contributed by atoms with Crippen molar-refractivity contribution in [2.24, 2.45) is 11.8 Å². The van der Waals surface area contributed by atoms with Crippen molar-refractivity contribution in [2.45, 2.75) is 25.0 Å². The van der Waals surface area contributed by atoms with Gasteiger partial charge in [-0.2, -0.15) is 0 Å². The van der Waals surface area contributed by atoms with Gasteiger partial charge < -0.3 is 19.7 Å². The second-order valence-electron chi connectivity index (χ2n) is 8.28. The smallest absolute Gasteiger partial charge is 0.253 e. The number of likely N-dealkylation sites (tertiary alicyclic amines) is 1. The molecule has 0 radical (unpaired) electrons. The lowest BCUT2D eigenvalue weighted by Crippen LogP contribution is -2.42. The Kier molecular flexibility index (Phi) is 4.70. The van der Waals surface area contributed by atoms with E-state index in [1.165, 1.54) is 6.07 Å². The number of rotatable bonds is 3. The summed E-state index contributed by atoms with van der Waals surface area (Å²) in [5, 5.41) is 11.5. The number of aliphatic hydroxyl groups is 1. The monoisotopic (exact) mass is 412 g/mol. The van der Waals surface area contributed by atoms with Gasteiger partial charge in [-0.25, -0.2) is 8.78 Å². The van der Waals surface area contributed by atoms with Gasteiger partial charge in [0.05, 0.1) is 6.10 Å². The first-order valence-electron chi connectivity index (χ1n) is 10.1. The Balaban J connectivity index is 1.28. The number of benzene rings is 2. The maximum atomic E-state index is 13.9. The van der Waals surface area contributed by atoms with Crippen molar-refractivity contribution in [2.75, 3.05) is 13.1 Å². The highest BCUT2D eigenvalue weighted by Gasteiger charge is 2.44. The van der Waals surface area contributed by atoms with E-state index in [-0.39, 0.29) is 23.5 Å². The number of hydrogen-bond acceptors (Lipinski definition) is 3. The van der Waals surface area contributed by atoms with Crippen molar-refractivity contribution >= 4 is 16.8 Å². The van der Waals surface area contributed by atoms with Gasteiger partial charge in [0.15, 0.2) is 11.6 Å². The molecule has 2 aliphatic rings. The van der Waals surface area contributed by atoms with Crippen LogP contribution in [0.25, 0.3) is 10.9 Å². The lowest BCUT2D eigenvalue weighted by Gasteiger charge is -2.35. The SMILES string of the molecule is O=C(c1ccc2[nH]ccc2c1)N1C[C@H]2C[C@@H](Oc3ccc(F)cc3F)[C@H](O)C[C@H]2C1. The molecule has 1 saturated carbocycles. The molecule has 1 aromatic heterocycles. The molecule has 1 saturated heterocycles. The van der Waals surface area contributed by atoms with E-state index in [9.17, 15) is 18.7 Å². The molecule has 3 aromatic rings. The third kappa shape index (κ3) is 3.43. The highest BCUT2D eigenvalue weighted by atomic mass is 19.1. The molecule has 2 aromatic carbocycles. The molecule has 2 fully saturated rings. The van der Waals surface area contributed by atoms with Gasteiger partial charge in [0, 0.05) is 41.8 Å². The van der Waals surface area contributed by atoms with Crippen LogP contribution in [0, 0.1) is 23.5 Å². The van der Waals surface area contributed by atoms with E-state index in [4.69, 9.17) is 4.74 Å². The van der Waals surface area contributed by atoms with Gasteiger partial charge in [-0.15, -0.1) is 0 Å². The summed E-state index contributed by atoms with van der Waals surface area (Å²) >= 11 is 0. The second-order valence-corrected chi connectivity index (χ2v) is 8.28. The molecule has 5 rings (SSSR count). The van der Waals surface area contributed by atoms with E-state index >= 15 is 0 Å². The summed E-state index contributed by atoms with van der Waals surface area (Å²) in [5.74, 6) is -1.20. The minimum absolute atomic E-state index is 0.0240. The van der Waals surface area contributed by atoms with Gasteiger partial charge in [0.1, 0.15) is 11.9 Å². The van der Waals surface area contributed by atoms with E-state index in [1.54, 1.807) is 0 Å². The van der Waals surface area contributed by atoms with Crippen LogP contribution in [0.3, 0.4) is 0 Å². The summed E-state index contributed by atoms with van der Waals surface area (Å²) in [6.07, 6.45) is 1.50. The van der Waals surface area contributed by atoms with Crippen LogP contribution in [0.2, 0.25) is 0 Å². The molecule has 7 heteroatoms.